The van der Waals surface area contributed by atoms with Gasteiger partial charge in [-0.15, -0.1) is 17.9 Å². The zero-order chi connectivity index (χ0) is 21.1. The summed E-state index contributed by atoms with van der Waals surface area (Å²) >= 11 is 2.70. The summed E-state index contributed by atoms with van der Waals surface area (Å²) in [6, 6.07) is 3.87. The van der Waals surface area contributed by atoms with Crippen LogP contribution in [-0.4, -0.2) is 27.3 Å². The summed E-state index contributed by atoms with van der Waals surface area (Å²) in [6.07, 6.45) is 7.85. The fourth-order valence-electron chi connectivity index (χ4n) is 3.93. The highest BCUT2D eigenvalue weighted by molar-refractivity contribution is 7.99. The first-order valence-corrected chi connectivity index (χ1v) is 12.0. The van der Waals surface area contributed by atoms with Crippen LogP contribution in [-0.2, 0) is 11.3 Å². The van der Waals surface area contributed by atoms with Crippen molar-refractivity contribution in [3.63, 3.8) is 0 Å². The fourth-order valence-corrected chi connectivity index (χ4v) is 5.72. The maximum atomic E-state index is 13.2. The Morgan fingerprint density at radius 2 is 2.30 bits per heavy atom. The molecule has 0 aliphatic heterocycles. The average Bonchev–Trinajstić information content (AvgIpc) is 3.40. The Hall–Kier alpha value is -2.32. The summed E-state index contributed by atoms with van der Waals surface area (Å²) in [7, 11) is 0. The van der Waals surface area contributed by atoms with E-state index in [9.17, 15) is 9.59 Å². The van der Waals surface area contributed by atoms with Crippen LogP contribution in [0.15, 0.2) is 50.8 Å². The minimum atomic E-state index is -0.142. The molecule has 0 aromatic carbocycles. The molecule has 0 saturated heterocycles. The van der Waals surface area contributed by atoms with Crippen LogP contribution in [0, 0.1) is 5.92 Å². The molecule has 3 aromatic rings. The highest BCUT2D eigenvalue weighted by Crippen LogP contribution is 2.32. The molecule has 158 valence electrons. The quantitative estimate of drug-likeness (QED) is 0.326. The van der Waals surface area contributed by atoms with Crippen LogP contribution in [0.1, 0.15) is 32.6 Å². The third-order valence-corrected chi connectivity index (χ3v) is 7.40. The van der Waals surface area contributed by atoms with Crippen LogP contribution < -0.4 is 10.9 Å². The standard InChI is InChI=1S/C22H25N3O3S2/c1-3-10-25-21(27)19-15(17-9-6-11-28-17)12-29-20(19)24-22(25)30-13-18(26)23-16-8-5-4-7-14(16)2/h3,6,9,11-12,14,16H,1,4-5,7-8,10,13H2,2H3,(H,23,26)/t14-,16-/m1/s1. The van der Waals surface area contributed by atoms with Gasteiger partial charge in [-0.1, -0.05) is 37.6 Å². The number of hydrogen-bond donors (Lipinski definition) is 1. The third kappa shape index (κ3) is 4.25. The molecule has 1 fully saturated rings. The molecule has 3 aromatic heterocycles. The van der Waals surface area contributed by atoms with Gasteiger partial charge in [0.05, 0.1) is 17.4 Å². The SMILES string of the molecule is C=CCn1c(SCC(=O)N[C@@H]2CCCC[C@H]2C)nc2scc(-c3ccco3)c2c1=O. The monoisotopic (exact) mass is 443 g/mol. The van der Waals surface area contributed by atoms with E-state index in [1.54, 1.807) is 23.0 Å². The molecule has 2 atom stereocenters. The van der Waals surface area contributed by atoms with Gasteiger partial charge in [-0.25, -0.2) is 4.98 Å². The Labute approximate surface area is 183 Å². The van der Waals surface area contributed by atoms with Crippen molar-refractivity contribution >= 4 is 39.2 Å². The molecule has 0 bridgehead atoms. The fraction of sp³-hybridized carbons (Fsp3) is 0.409. The second kappa shape index (κ2) is 9.22. The van der Waals surface area contributed by atoms with Crippen LogP contribution in [0.25, 0.3) is 21.5 Å². The first-order valence-electron chi connectivity index (χ1n) is 10.2. The number of hydrogen-bond acceptors (Lipinski definition) is 6. The number of rotatable bonds is 7. The molecule has 3 heterocycles. The molecular weight excluding hydrogens is 418 g/mol. The lowest BCUT2D eigenvalue weighted by atomic mass is 9.86. The maximum absolute atomic E-state index is 13.2. The topological polar surface area (TPSA) is 77.1 Å². The van der Waals surface area contributed by atoms with Crippen molar-refractivity contribution in [2.45, 2.75) is 50.4 Å². The number of thiophene rings is 1. The zero-order valence-corrected chi connectivity index (χ0v) is 18.6. The summed E-state index contributed by atoms with van der Waals surface area (Å²) in [4.78, 5) is 31.1. The van der Waals surface area contributed by atoms with Crippen molar-refractivity contribution in [1.29, 1.82) is 0 Å². The molecule has 0 spiro atoms. The Balaban J connectivity index is 1.57. The van der Waals surface area contributed by atoms with Crippen molar-refractivity contribution in [2.75, 3.05) is 5.75 Å². The minimum absolute atomic E-state index is 0.0132. The van der Waals surface area contributed by atoms with Gasteiger partial charge < -0.3 is 9.73 Å². The highest BCUT2D eigenvalue weighted by Gasteiger charge is 2.23. The second-order valence-electron chi connectivity index (χ2n) is 7.63. The predicted molar refractivity (Wildman–Crippen MR) is 122 cm³/mol. The lowest BCUT2D eigenvalue weighted by Crippen LogP contribution is -2.41. The van der Waals surface area contributed by atoms with E-state index in [-0.39, 0.29) is 23.3 Å². The first-order chi connectivity index (χ1) is 14.6. The van der Waals surface area contributed by atoms with Crippen LogP contribution >= 0.6 is 23.1 Å². The number of carbonyl (C=O) groups is 1. The third-order valence-electron chi connectivity index (χ3n) is 5.55. The van der Waals surface area contributed by atoms with E-state index in [1.165, 1.54) is 29.5 Å². The smallest absolute Gasteiger partial charge is 0.263 e. The normalized spacial score (nSPS) is 19.1. The number of nitrogens with one attached hydrogen (secondary N) is 1. The molecule has 1 N–H and O–H groups in total. The number of amides is 1. The molecule has 1 aliphatic rings. The molecule has 1 aliphatic carbocycles. The first kappa shape index (κ1) is 20.9. The van der Waals surface area contributed by atoms with Crippen LogP contribution in [0.4, 0.5) is 0 Å². The Bertz CT molecular complexity index is 1100. The summed E-state index contributed by atoms with van der Waals surface area (Å²) in [5.74, 6) is 1.37. The van der Waals surface area contributed by atoms with Gasteiger partial charge in [-0.05, 0) is 30.9 Å². The molecule has 6 nitrogen and oxygen atoms in total. The van der Waals surface area contributed by atoms with Crippen molar-refractivity contribution < 1.29 is 9.21 Å². The van der Waals surface area contributed by atoms with Gasteiger partial charge in [0.25, 0.3) is 5.56 Å². The Morgan fingerprint density at radius 3 is 3.03 bits per heavy atom. The lowest BCUT2D eigenvalue weighted by molar-refractivity contribution is -0.119. The molecular formula is C22H25N3O3S2. The number of carbonyl (C=O) groups excluding carboxylic acids is 1. The van der Waals surface area contributed by atoms with Crippen LogP contribution in [0.2, 0.25) is 0 Å². The molecule has 4 rings (SSSR count). The van der Waals surface area contributed by atoms with E-state index in [2.05, 4.69) is 18.8 Å². The molecule has 1 saturated carbocycles. The number of aromatic nitrogens is 2. The van der Waals surface area contributed by atoms with Crippen molar-refractivity contribution in [2.24, 2.45) is 5.92 Å². The summed E-state index contributed by atoms with van der Waals surface area (Å²) in [5.41, 5.74) is 0.604. The van der Waals surface area contributed by atoms with Crippen molar-refractivity contribution in [3.05, 3.63) is 46.8 Å². The number of allylic oxidation sites excluding steroid dienone is 1. The van der Waals surface area contributed by atoms with E-state index in [4.69, 9.17) is 9.40 Å². The lowest BCUT2D eigenvalue weighted by Gasteiger charge is -2.29. The van der Waals surface area contributed by atoms with E-state index >= 15 is 0 Å². The Morgan fingerprint density at radius 1 is 1.47 bits per heavy atom. The second-order valence-corrected chi connectivity index (χ2v) is 9.43. The average molecular weight is 444 g/mol. The van der Waals surface area contributed by atoms with Crippen LogP contribution in [0.3, 0.4) is 0 Å². The molecule has 8 heteroatoms. The minimum Gasteiger partial charge on any atom is -0.464 e. The molecule has 0 radical (unpaired) electrons. The molecule has 1 amide bonds. The molecule has 30 heavy (non-hydrogen) atoms. The van der Waals surface area contributed by atoms with Gasteiger partial charge in [0.1, 0.15) is 10.6 Å². The van der Waals surface area contributed by atoms with Gasteiger partial charge in [0.15, 0.2) is 5.16 Å². The zero-order valence-electron chi connectivity index (χ0n) is 16.9. The number of furan rings is 1. The molecule has 0 unspecified atom stereocenters. The van der Waals surface area contributed by atoms with Crippen molar-refractivity contribution in [3.8, 4) is 11.3 Å². The van der Waals surface area contributed by atoms with E-state index in [0.29, 0.717) is 33.6 Å². The van der Waals surface area contributed by atoms with Gasteiger partial charge in [-0.3, -0.25) is 14.2 Å². The van der Waals surface area contributed by atoms with Gasteiger partial charge in [0, 0.05) is 23.5 Å². The summed E-state index contributed by atoms with van der Waals surface area (Å²) in [5, 5.41) is 6.13. The summed E-state index contributed by atoms with van der Waals surface area (Å²) in [6.45, 7) is 6.30. The predicted octanol–water partition coefficient (Wildman–Crippen LogP) is 4.69. The summed E-state index contributed by atoms with van der Waals surface area (Å²) < 4.78 is 7.06. The van der Waals surface area contributed by atoms with Gasteiger partial charge >= 0.3 is 0 Å². The largest absolute Gasteiger partial charge is 0.464 e. The van der Waals surface area contributed by atoms with Crippen LogP contribution in [0.5, 0.6) is 0 Å². The van der Waals surface area contributed by atoms with E-state index in [1.807, 2.05) is 11.4 Å². The van der Waals surface area contributed by atoms with Gasteiger partial charge in [-0.2, -0.15) is 0 Å². The van der Waals surface area contributed by atoms with Gasteiger partial charge in [0.2, 0.25) is 5.91 Å². The van der Waals surface area contributed by atoms with E-state index in [0.717, 1.165) is 24.8 Å². The highest BCUT2D eigenvalue weighted by atomic mass is 32.2. The maximum Gasteiger partial charge on any atom is 0.263 e. The van der Waals surface area contributed by atoms with E-state index < -0.39 is 0 Å². The Kier molecular flexibility index (Phi) is 6.43. The number of nitrogens with zero attached hydrogens (tertiary/aromatic N) is 2. The number of thioether (sulfide) groups is 1. The number of fused-ring (bicyclic) bond motifs is 1. The van der Waals surface area contributed by atoms with Crippen molar-refractivity contribution in [1.82, 2.24) is 14.9 Å².